The van der Waals surface area contributed by atoms with E-state index < -0.39 is 0 Å². The zero-order valence-corrected chi connectivity index (χ0v) is 11.7. The molecule has 1 aromatic rings. The quantitative estimate of drug-likeness (QED) is 0.768. The first-order valence-electron chi connectivity index (χ1n) is 6.72. The summed E-state index contributed by atoms with van der Waals surface area (Å²) in [5.74, 6) is 2.27. The van der Waals surface area contributed by atoms with Crippen LogP contribution in [0.2, 0.25) is 0 Å². The van der Waals surface area contributed by atoms with Crippen LogP contribution in [0.5, 0.6) is 0 Å². The van der Waals surface area contributed by atoms with Crippen molar-refractivity contribution >= 4 is 5.78 Å². The van der Waals surface area contributed by atoms with Gasteiger partial charge in [-0.25, -0.2) is 4.98 Å². The number of imidazole rings is 1. The lowest BCUT2D eigenvalue weighted by Crippen LogP contribution is -2.16. The summed E-state index contributed by atoms with van der Waals surface area (Å²) in [6, 6.07) is 0. The van der Waals surface area contributed by atoms with E-state index in [1.165, 1.54) is 0 Å². The highest BCUT2D eigenvalue weighted by Gasteiger charge is 2.15. The van der Waals surface area contributed by atoms with Gasteiger partial charge in [0.1, 0.15) is 11.6 Å². The number of nitrogens with two attached hydrogens (primary N) is 1. The summed E-state index contributed by atoms with van der Waals surface area (Å²) < 4.78 is 1.90. The van der Waals surface area contributed by atoms with Gasteiger partial charge in [-0.1, -0.05) is 13.8 Å². The molecule has 1 heterocycles. The molecule has 1 unspecified atom stereocenters. The molecule has 1 atom stereocenters. The molecule has 0 aliphatic heterocycles. The van der Waals surface area contributed by atoms with Crippen LogP contribution >= 0.6 is 0 Å². The Bertz CT molecular complexity index is 371. The normalized spacial score (nSPS) is 12.9. The predicted octanol–water partition coefficient (Wildman–Crippen LogP) is 1.93. The zero-order valence-electron chi connectivity index (χ0n) is 11.7. The Morgan fingerprint density at radius 3 is 2.67 bits per heavy atom. The summed E-state index contributed by atoms with van der Waals surface area (Å²) in [6.07, 6.45) is 6.63. The molecule has 1 rings (SSSR count). The van der Waals surface area contributed by atoms with Crippen LogP contribution in [0.1, 0.15) is 38.9 Å². The smallest absolute Gasteiger partial charge is 0.140 e. The van der Waals surface area contributed by atoms with Gasteiger partial charge in [-0.2, -0.15) is 0 Å². The van der Waals surface area contributed by atoms with Crippen LogP contribution in [-0.4, -0.2) is 21.9 Å². The van der Waals surface area contributed by atoms with Crippen molar-refractivity contribution < 1.29 is 4.79 Å². The molecule has 102 valence electrons. The fraction of sp³-hybridized carbons (Fsp3) is 0.714. The Hall–Kier alpha value is -1.16. The molecule has 0 aliphatic carbocycles. The van der Waals surface area contributed by atoms with Gasteiger partial charge in [0.25, 0.3) is 0 Å². The number of aromatic nitrogens is 2. The van der Waals surface area contributed by atoms with Gasteiger partial charge >= 0.3 is 0 Å². The molecule has 0 fully saturated rings. The van der Waals surface area contributed by atoms with Gasteiger partial charge in [0.05, 0.1) is 6.42 Å². The van der Waals surface area contributed by atoms with Crippen LogP contribution in [0.25, 0.3) is 0 Å². The molecule has 0 aromatic carbocycles. The number of carbonyl (C=O) groups is 1. The van der Waals surface area contributed by atoms with Gasteiger partial charge in [-0.3, -0.25) is 4.79 Å². The fourth-order valence-corrected chi connectivity index (χ4v) is 2.20. The SMILES string of the molecule is CC(C)C(CCN)CCC(=O)Cc1nccn1C. The lowest BCUT2D eigenvalue weighted by molar-refractivity contribution is -0.118. The first-order chi connectivity index (χ1) is 8.54. The monoisotopic (exact) mass is 251 g/mol. The number of nitrogens with zero attached hydrogens (tertiary/aromatic N) is 2. The summed E-state index contributed by atoms with van der Waals surface area (Å²) in [4.78, 5) is 16.1. The maximum atomic E-state index is 11.9. The third kappa shape index (κ3) is 4.61. The van der Waals surface area contributed by atoms with Gasteiger partial charge in [-0.05, 0) is 31.2 Å². The maximum absolute atomic E-state index is 11.9. The van der Waals surface area contributed by atoms with Crippen LogP contribution < -0.4 is 5.73 Å². The standard InChI is InChI=1S/C14H25N3O/c1-11(2)12(6-7-15)4-5-13(18)10-14-16-8-9-17(14)3/h8-9,11-12H,4-7,10,15H2,1-3H3. The zero-order chi connectivity index (χ0) is 13.5. The predicted molar refractivity (Wildman–Crippen MR) is 73.2 cm³/mol. The van der Waals surface area contributed by atoms with Gasteiger partial charge in [0.15, 0.2) is 0 Å². The Kier molecular flexibility index (Phi) is 6.05. The van der Waals surface area contributed by atoms with Crippen LogP contribution in [0.3, 0.4) is 0 Å². The minimum Gasteiger partial charge on any atom is -0.338 e. The first-order valence-corrected chi connectivity index (χ1v) is 6.72. The molecule has 2 N–H and O–H groups in total. The Balaban J connectivity index is 2.38. The summed E-state index contributed by atoms with van der Waals surface area (Å²) >= 11 is 0. The minimum absolute atomic E-state index is 0.270. The fourth-order valence-electron chi connectivity index (χ4n) is 2.20. The third-order valence-corrected chi connectivity index (χ3v) is 3.55. The van der Waals surface area contributed by atoms with E-state index in [4.69, 9.17) is 5.73 Å². The number of Topliss-reactive ketones (excluding diaryl/α,β-unsaturated/α-hetero) is 1. The minimum atomic E-state index is 0.270. The molecule has 4 heteroatoms. The van der Waals surface area contributed by atoms with E-state index in [0.717, 1.165) is 18.7 Å². The van der Waals surface area contributed by atoms with E-state index in [-0.39, 0.29) is 5.78 Å². The molecule has 18 heavy (non-hydrogen) atoms. The molecule has 0 saturated carbocycles. The molecule has 0 saturated heterocycles. The van der Waals surface area contributed by atoms with Crippen LogP contribution in [0.4, 0.5) is 0 Å². The number of carbonyl (C=O) groups excluding carboxylic acids is 1. The average molecular weight is 251 g/mol. The Morgan fingerprint density at radius 2 is 2.17 bits per heavy atom. The molecule has 0 spiro atoms. The van der Waals surface area contributed by atoms with Crippen molar-refractivity contribution in [3.8, 4) is 0 Å². The first kappa shape index (κ1) is 14.9. The molecule has 0 aliphatic rings. The summed E-state index contributed by atoms with van der Waals surface area (Å²) in [5.41, 5.74) is 5.60. The number of rotatable bonds is 8. The Morgan fingerprint density at radius 1 is 1.44 bits per heavy atom. The molecule has 0 bridgehead atoms. The largest absolute Gasteiger partial charge is 0.338 e. The highest BCUT2D eigenvalue weighted by molar-refractivity contribution is 5.80. The van der Waals surface area contributed by atoms with E-state index in [0.29, 0.717) is 31.2 Å². The van der Waals surface area contributed by atoms with E-state index in [9.17, 15) is 4.79 Å². The Labute approximate surface area is 110 Å². The number of ketones is 1. The molecule has 0 amide bonds. The average Bonchev–Trinajstić information content (AvgIpc) is 2.70. The number of aryl methyl sites for hydroxylation is 1. The highest BCUT2D eigenvalue weighted by atomic mass is 16.1. The second-order valence-corrected chi connectivity index (χ2v) is 5.29. The molecule has 4 nitrogen and oxygen atoms in total. The summed E-state index contributed by atoms with van der Waals surface area (Å²) in [7, 11) is 1.92. The van der Waals surface area contributed by atoms with Crippen molar-refractivity contribution in [1.82, 2.24) is 9.55 Å². The van der Waals surface area contributed by atoms with Crippen LogP contribution in [0.15, 0.2) is 12.4 Å². The van der Waals surface area contributed by atoms with Gasteiger partial charge < -0.3 is 10.3 Å². The van der Waals surface area contributed by atoms with Gasteiger partial charge in [0.2, 0.25) is 0 Å². The topological polar surface area (TPSA) is 60.9 Å². The van der Waals surface area contributed by atoms with E-state index in [1.54, 1.807) is 6.20 Å². The highest BCUT2D eigenvalue weighted by Crippen LogP contribution is 2.20. The molecular weight excluding hydrogens is 226 g/mol. The van der Waals surface area contributed by atoms with Crippen molar-refractivity contribution in [1.29, 1.82) is 0 Å². The lowest BCUT2D eigenvalue weighted by Gasteiger charge is -2.19. The van der Waals surface area contributed by atoms with Crippen molar-refractivity contribution in [2.24, 2.45) is 24.6 Å². The van der Waals surface area contributed by atoms with Crippen LogP contribution in [-0.2, 0) is 18.3 Å². The van der Waals surface area contributed by atoms with Crippen LogP contribution in [0, 0.1) is 11.8 Å². The molecule has 1 aromatic heterocycles. The third-order valence-electron chi connectivity index (χ3n) is 3.55. The number of hydrogen-bond donors (Lipinski definition) is 1. The maximum Gasteiger partial charge on any atom is 0.140 e. The molecule has 0 radical (unpaired) electrons. The van der Waals surface area contributed by atoms with Gasteiger partial charge in [-0.15, -0.1) is 0 Å². The second kappa shape index (κ2) is 7.31. The summed E-state index contributed by atoms with van der Waals surface area (Å²) in [5, 5.41) is 0. The molecular formula is C14H25N3O. The van der Waals surface area contributed by atoms with Crippen molar-refractivity contribution in [2.75, 3.05) is 6.54 Å². The second-order valence-electron chi connectivity index (χ2n) is 5.29. The van der Waals surface area contributed by atoms with E-state index >= 15 is 0 Å². The number of hydrogen-bond acceptors (Lipinski definition) is 3. The van der Waals surface area contributed by atoms with Crippen molar-refractivity contribution in [3.05, 3.63) is 18.2 Å². The van der Waals surface area contributed by atoms with Crippen molar-refractivity contribution in [3.63, 3.8) is 0 Å². The van der Waals surface area contributed by atoms with E-state index in [1.807, 2.05) is 17.8 Å². The van der Waals surface area contributed by atoms with E-state index in [2.05, 4.69) is 18.8 Å². The summed E-state index contributed by atoms with van der Waals surface area (Å²) in [6.45, 7) is 5.10. The van der Waals surface area contributed by atoms with Gasteiger partial charge in [0, 0.05) is 25.9 Å². The van der Waals surface area contributed by atoms with Crippen molar-refractivity contribution in [2.45, 2.75) is 39.5 Å². The lowest BCUT2D eigenvalue weighted by atomic mass is 9.87.